The molecule has 0 aromatic carbocycles. The van der Waals surface area contributed by atoms with Crippen LogP contribution < -0.4 is 0 Å². The van der Waals surface area contributed by atoms with Gasteiger partial charge in [-0.25, -0.2) is 15.0 Å². The minimum Gasteiger partial charge on any atom is -0.390 e. The second-order valence-corrected chi connectivity index (χ2v) is 5.05. The van der Waals surface area contributed by atoms with Gasteiger partial charge in [-0.3, -0.25) is 0 Å². The third kappa shape index (κ3) is 2.32. The predicted octanol–water partition coefficient (Wildman–Crippen LogP) is 2.08. The molecular weight excluding hydrogens is 260 g/mol. The molecule has 0 bridgehead atoms. The van der Waals surface area contributed by atoms with Crippen molar-refractivity contribution in [3.8, 4) is 0 Å². The number of pyridine rings is 1. The molecule has 0 fully saturated rings. The molecule has 0 saturated heterocycles. The molecule has 1 N–H and O–H groups in total. The Morgan fingerprint density at radius 3 is 2.79 bits per heavy atom. The standard InChI is InChI=1S/C13H12N4OS/c1-9-6-14-13(15-7-9)19-12-10(8-18)17-5-3-2-4-11(17)16-12/h2-7,18H,8H2,1H3. The Balaban J connectivity index is 2.02. The maximum Gasteiger partial charge on any atom is 0.193 e. The average Bonchev–Trinajstić information content (AvgIpc) is 2.78. The van der Waals surface area contributed by atoms with Crippen molar-refractivity contribution in [2.45, 2.75) is 23.7 Å². The van der Waals surface area contributed by atoms with Gasteiger partial charge in [-0.1, -0.05) is 6.07 Å². The van der Waals surface area contributed by atoms with Crippen molar-refractivity contribution in [3.63, 3.8) is 0 Å². The molecule has 6 heteroatoms. The summed E-state index contributed by atoms with van der Waals surface area (Å²) in [4.78, 5) is 13.0. The maximum atomic E-state index is 9.51. The summed E-state index contributed by atoms with van der Waals surface area (Å²) in [7, 11) is 0. The number of fused-ring (bicyclic) bond motifs is 1. The molecule has 0 aliphatic carbocycles. The van der Waals surface area contributed by atoms with Crippen LogP contribution in [0.25, 0.3) is 5.65 Å². The number of aliphatic hydroxyl groups is 1. The van der Waals surface area contributed by atoms with Gasteiger partial charge in [0.05, 0.1) is 12.3 Å². The molecular formula is C13H12N4OS. The molecule has 0 aliphatic heterocycles. The molecule has 0 spiro atoms. The molecule has 0 radical (unpaired) electrons. The summed E-state index contributed by atoms with van der Waals surface area (Å²) < 4.78 is 1.87. The Labute approximate surface area is 114 Å². The van der Waals surface area contributed by atoms with Gasteiger partial charge in [-0.15, -0.1) is 0 Å². The largest absolute Gasteiger partial charge is 0.390 e. The maximum absolute atomic E-state index is 9.51. The number of nitrogens with zero attached hydrogens (tertiary/aromatic N) is 4. The molecule has 0 amide bonds. The van der Waals surface area contributed by atoms with Crippen LogP contribution in [-0.2, 0) is 6.61 Å². The Morgan fingerprint density at radius 2 is 2.05 bits per heavy atom. The Morgan fingerprint density at radius 1 is 1.26 bits per heavy atom. The third-order valence-corrected chi connectivity index (χ3v) is 3.60. The highest BCUT2D eigenvalue weighted by atomic mass is 32.2. The number of hydrogen-bond donors (Lipinski definition) is 1. The van der Waals surface area contributed by atoms with E-state index in [-0.39, 0.29) is 6.61 Å². The molecule has 3 aromatic rings. The molecule has 3 aromatic heterocycles. The smallest absolute Gasteiger partial charge is 0.193 e. The van der Waals surface area contributed by atoms with Crippen molar-refractivity contribution in [2.75, 3.05) is 0 Å². The number of imidazole rings is 1. The molecule has 0 atom stereocenters. The van der Waals surface area contributed by atoms with Crippen molar-refractivity contribution in [3.05, 3.63) is 48.0 Å². The number of aliphatic hydroxyl groups excluding tert-OH is 1. The van der Waals surface area contributed by atoms with Gasteiger partial charge in [0.25, 0.3) is 0 Å². The normalized spacial score (nSPS) is 11.1. The first-order valence-electron chi connectivity index (χ1n) is 5.81. The Hall–Kier alpha value is -1.92. The quantitative estimate of drug-likeness (QED) is 0.740. The van der Waals surface area contributed by atoms with E-state index in [1.54, 1.807) is 12.4 Å². The van der Waals surface area contributed by atoms with Gasteiger partial charge in [-0.2, -0.15) is 0 Å². The summed E-state index contributed by atoms with van der Waals surface area (Å²) in [5.41, 5.74) is 2.58. The van der Waals surface area contributed by atoms with Crippen LogP contribution in [0.4, 0.5) is 0 Å². The first kappa shape index (κ1) is 12.1. The van der Waals surface area contributed by atoms with E-state index in [1.807, 2.05) is 35.7 Å². The first-order valence-corrected chi connectivity index (χ1v) is 6.63. The fourth-order valence-corrected chi connectivity index (χ4v) is 2.57. The fraction of sp³-hybridized carbons (Fsp3) is 0.154. The van der Waals surface area contributed by atoms with Gasteiger partial charge in [0, 0.05) is 18.6 Å². The van der Waals surface area contributed by atoms with Gasteiger partial charge < -0.3 is 9.51 Å². The van der Waals surface area contributed by atoms with Gasteiger partial charge in [0.15, 0.2) is 5.16 Å². The van der Waals surface area contributed by atoms with E-state index in [4.69, 9.17) is 0 Å². The Kier molecular flexibility index (Phi) is 3.18. The lowest BCUT2D eigenvalue weighted by Crippen LogP contribution is -1.93. The van der Waals surface area contributed by atoms with Crippen LogP contribution in [0.1, 0.15) is 11.3 Å². The molecule has 0 aliphatic rings. The van der Waals surface area contributed by atoms with E-state index in [1.165, 1.54) is 11.8 Å². The van der Waals surface area contributed by atoms with E-state index < -0.39 is 0 Å². The van der Waals surface area contributed by atoms with Gasteiger partial charge in [0.2, 0.25) is 0 Å². The van der Waals surface area contributed by atoms with E-state index in [0.29, 0.717) is 5.16 Å². The summed E-state index contributed by atoms with van der Waals surface area (Å²) in [6, 6.07) is 5.73. The lowest BCUT2D eigenvalue weighted by Gasteiger charge is -2.00. The van der Waals surface area contributed by atoms with Crippen LogP contribution in [0.15, 0.2) is 47.0 Å². The zero-order chi connectivity index (χ0) is 13.2. The molecule has 19 heavy (non-hydrogen) atoms. The molecule has 5 nitrogen and oxygen atoms in total. The molecule has 3 heterocycles. The zero-order valence-electron chi connectivity index (χ0n) is 10.3. The van der Waals surface area contributed by atoms with Gasteiger partial charge >= 0.3 is 0 Å². The van der Waals surface area contributed by atoms with Crippen molar-refractivity contribution < 1.29 is 5.11 Å². The van der Waals surface area contributed by atoms with Crippen LogP contribution in [-0.4, -0.2) is 24.5 Å². The number of hydrogen-bond acceptors (Lipinski definition) is 5. The SMILES string of the molecule is Cc1cnc(Sc2nc3ccccn3c2CO)nc1. The van der Waals surface area contributed by atoms with Gasteiger partial charge in [-0.05, 0) is 36.4 Å². The monoisotopic (exact) mass is 272 g/mol. The van der Waals surface area contributed by atoms with E-state index in [9.17, 15) is 5.11 Å². The van der Waals surface area contributed by atoms with Crippen LogP contribution in [0.5, 0.6) is 0 Å². The summed E-state index contributed by atoms with van der Waals surface area (Å²) in [6.07, 6.45) is 5.42. The van der Waals surface area contributed by atoms with Crippen LogP contribution in [0.3, 0.4) is 0 Å². The van der Waals surface area contributed by atoms with Crippen LogP contribution in [0.2, 0.25) is 0 Å². The highest BCUT2D eigenvalue weighted by molar-refractivity contribution is 7.99. The van der Waals surface area contributed by atoms with Crippen molar-refractivity contribution in [1.29, 1.82) is 0 Å². The summed E-state index contributed by atoms with van der Waals surface area (Å²) >= 11 is 1.36. The highest BCUT2D eigenvalue weighted by Crippen LogP contribution is 2.27. The summed E-state index contributed by atoms with van der Waals surface area (Å²) in [5.74, 6) is 0. The minimum absolute atomic E-state index is 0.0701. The lowest BCUT2D eigenvalue weighted by molar-refractivity contribution is 0.272. The molecule has 96 valence electrons. The molecule has 0 unspecified atom stereocenters. The van der Waals surface area contributed by atoms with E-state index >= 15 is 0 Å². The minimum atomic E-state index is -0.0701. The first-order chi connectivity index (χ1) is 9.28. The van der Waals surface area contributed by atoms with Crippen LogP contribution >= 0.6 is 11.8 Å². The van der Waals surface area contributed by atoms with E-state index in [0.717, 1.165) is 21.9 Å². The Bertz CT molecular complexity index is 708. The summed E-state index contributed by atoms with van der Waals surface area (Å²) in [5, 5.41) is 10.9. The van der Waals surface area contributed by atoms with Gasteiger partial charge in [0.1, 0.15) is 10.7 Å². The van der Waals surface area contributed by atoms with Crippen LogP contribution in [0, 0.1) is 6.92 Å². The zero-order valence-corrected chi connectivity index (χ0v) is 11.1. The number of rotatable bonds is 3. The predicted molar refractivity (Wildman–Crippen MR) is 72.0 cm³/mol. The van der Waals surface area contributed by atoms with E-state index in [2.05, 4.69) is 15.0 Å². The topological polar surface area (TPSA) is 63.3 Å². The fourth-order valence-electron chi connectivity index (χ4n) is 1.77. The summed E-state index contributed by atoms with van der Waals surface area (Å²) in [6.45, 7) is 1.87. The third-order valence-electron chi connectivity index (χ3n) is 2.69. The second-order valence-electron chi connectivity index (χ2n) is 4.10. The molecule has 3 rings (SSSR count). The number of aromatic nitrogens is 4. The van der Waals surface area contributed by atoms with Crippen molar-refractivity contribution in [2.24, 2.45) is 0 Å². The number of aryl methyl sites for hydroxylation is 1. The lowest BCUT2D eigenvalue weighted by atomic mass is 10.4. The average molecular weight is 272 g/mol. The second kappa shape index (κ2) is 4.99. The van der Waals surface area contributed by atoms with Crippen molar-refractivity contribution in [1.82, 2.24) is 19.4 Å². The van der Waals surface area contributed by atoms with Crippen molar-refractivity contribution >= 4 is 17.4 Å². The molecule has 0 saturated carbocycles. The highest BCUT2D eigenvalue weighted by Gasteiger charge is 2.13.